The first-order valence-corrected chi connectivity index (χ1v) is 17.3. The molecule has 0 unspecified atom stereocenters. The number of urea groups is 1. The Labute approximate surface area is 274 Å². The monoisotopic (exact) mass is 695 g/mol. The van der Waals surface area contributed by atoms with E-state index < -0.39 is 26.1 Å². The number of sulfonamides is 2. The number of ketones is 2. The highest BCUT2D eigenvalue weighted by atomic mass is 35.5. The van der Waals surface area contributed by atoms with Crippen LogP contribution in [-0.2, 0) is 29.5 Å². The molecule has 3 rings (SSSR count). The topological polar surface area (TPSA) is 188 Å². The van der Waals surface area contributed by atoms with Crippen molar-refractivity contribution in [3.8, 4) is 0 Å². The second-order valence-electron chi connectivity index (χ2n) is 10.6. The molecule has 46 heavy (non-hydrogen) atoms. The summed E-state index contributed by atoms with van der Waals surface area (Å²) in [4.78, 5) is 35.7. The van der Waals surface area contributed by atoms with E-state index in [1.54, 1.807) is 12.1 Å². The van der Waals surface area contributed by atoms with Gasteiger partial charge in [-0.15, -0.1) is 0 Å². The molecule has 12 nitrogen and oxygen atoms in total. The van der Waals surface area contributed by atoms with Crippen molar-refractivity contribution in [1.29, 1.82) is 0 Å². The van der Waals surface area contributed by atoms with Gasteiger partial charge in [-0.1, -0.05) is 63.6 Å². The van der Waals surface area contributed by atoms with Crippen LogP contribution in [0, 0.1) is 0 Å². The number of rotatable bonds is 12. The summed E-state index contributed by atoms with van der Waals surface area (Å²) in [5.41, 5.74) is 2.58. The number of anilines is 1. The van der Waals surface area contributed by atoms with Crippen LogP contribution in [0.4, 0.5) is 10.5 Å². The third-order valence-corrected chi connectivity index (χ3v) is 8.83. The Balaban J connectivity index is 0.000000410. The molecular formula is C31H38ClN3O9S2. The average Bonchev–Trinajstić information content (AvgIpc) is 2.97. The van der Waals surface area contributed by atoms with Crippen molar-refractivity contribution < 1.29 is 40.7 Å². The zero-order chi connectivity index (χ0) is 34.8. The average molecular weight is 696 g/mol. The zero-order valence-corrected chi connectivity index (χ0v) is 28.7. The number of amides is 2. The van der Waals surface area contributed by atoms with Crippen molar-refractivity contribution in [3.63, 3.8) is 0 Å². The van der Waals surface area contributed by atoms with Gasteiger partial charge in [0.05, 0.1) is 9.79 Å². The van der Waals surface area contributed by atoms with Crippen molar-refractivity contribution >= 4 is 54.9 Å². The molecule has 250 valence electrons. The number of primary sulfonamides is 1. The number of halogens is 1. The summed E-state index contributed by atoms with van der Waals surface area (Å²) in [6.07, 6.45) is 0. The van der Waals surface area contributed by atoms with E-state index in [1.165, 1.54) is 62.8 Å². The van der Waals surface area contributed by atoms with Crippen LogP contribution in [-0.4, -0.2) is 61.9 Å². The maximum atomic E-state index is 12.7. The highest BCUT2D eigenvalue weighted by Gasteiger charge is 2.22. The first-order valence-electron chi connectivity index (χ1n) is 13.9. The lowest BCUT2D eigenvalue weighted by Crippen LogP contribution is -2.35. The maximum Gasteiger partial charge on any atom is 0.333 e. The Kier molecular flexibility index (Phi) is 14.0. The lowest BCUT2D eigenvalue weighted by Gasteiger charge is -2.21. The van der Waals surface area contributed by atoms with Crippen LogP contribution in [0.2, 0.25) is 5.02 Å². The SMILES string of the molecule is COCC(=O)c1cccc(S(=O)(=O)NC(=O)Nc2c(C(C)C)cc(Cl)cc2C(C)C)c1.COCC(=O)c1cccc(S(N)(=O)=O)c1. The second-order valence-corrected chi connectivity index (χ2v) is 14.3. The summed E-state index contributed by atoms with van der Waals surface area (Å²) in [5.74, 6) is -0.561. The number of hydrogen-bond donors (Lipinski definition) is 3. The minimum atomic E-state index is -4.21. The van der Waals surface area contributed by atoms with Gasteiger partial charge >= 0.3 is 6.03 Å². The number of ether oxygens (including phenoxy) is 2. The molecule has 0 atom stereocenters. The van der Waals surface area contributed by atoms with Gasteiger partial charge in [0.25, 0.3) is 10.0 Å². The Bertz CT molecular complexity index is 1760. The predicted octanol–water partition coefficient (Wildman–Crippen LogP) is 5.09. The molecule has 0 fully saturated rings. The Morgan fingerprint density at radius 2 is 1.20 bits per heavy atom. The Morgan fingerprint density at radius 1 is 0.761 bits per heavy atom. The van der Waals surface area contributed by atoms with Crippen molar-refractivity contribution in [1.82, 2.24) is 4.72 Å². The summed E-state index contributed by atoms with van der Waals surface area (Å²) in [6.45, 7) is 7.56. The number of methoxy groups -OCH3 is 2. The van der Waals surface area contributed by atoms with E-state index in [-0.39, 0.29) is 57.5 Å². The molecule has 0 aliphatic carbocycles. The number of carbonyl (C=O) groups is 3. The van der Waals surface area contributed by atoms with Gasteiger partial charge < -0.3 is 14.8 Å². The first kappa shape index (κ1) is 38.5. The summed E-state index contributed by atoms with van der Waals surface area (Å²) in [5, 5.41) is 8.15. The number of carbonyl (C=O) groups excluding carboxylic acids is 3. The number of hydrogen-bond acceptors (Lipinski definition) is 9. The molecule has 0 spiro atoms. The zero-order valence-electron chi connectivity index (χ0n) is 26.3. The molecular weight excluding hydrogens is 658 g/mol. The fraction of sp³-hybridized carbons (Fsp3) is 0.323. The van der Waals surface area contributed by atoms with Gasteiger partial charge in [-0.3, -0.25) is 9.59 Å². The minimum absolute atomic E-state index is 0.0478. The Morgan fingerprint density at radius 3 is 1.61 bits per heavy atom. The Hall–Kier alpha value is -3.66. The third kappa shape index (κ3) is 11.0. The lowest BCUT2D eigenvalue weighted by molar-refractivity contribution is 0.0841. The lowest BCUT2D eigenvalue weighted by atomic mass is 9.92. The normalized spacial score (nSPS) is 11.5. The maximum absolute atomic E-state index is 12.7. The third-order valence-electron chi connectivity index (χ3n) is 6.38. The van der Waals surface area contributed by atoms with Crippen molar-refractivity contribution in [2.24, 2.45) is 5.14 Å². The number of nitrogens with one attached hydrogen (secondary N) is 2. The summed E-state index contributed by atoms with van der Waals surface area (Å²) in [6, 6.07) is 13.6. The van der Waals surface area contributed by atoms with Crippen molar-refractivity contribution in [2.45, 2.75) is 49.3 Å². The molecule has 0 aliphatic rings. The second kappa shape index (κ2) is 16.8. The molecule has 0 aliphatic heterocycles. The summed E-state index contributed by atoms with van der Waals surface area (Å²) < 4.78 is 58.9. The minimum Gasteiger partial charge on any atom is -0.377 e. The molecule has 0 heterocycles. The van der Waals surface area contributed by atoms with E-state index in [2.05, 4.69) is 10.1 Å². The standard InChI is InChI=1S/C22H27ClN2O5S.C9H11NO4S/c1-13(2)18-10-16(23)11-19(14(3)4)21(18)24-22(27)25-31(28,29)17-8-6-7-15(9-17)20(26)12-30-5;1-14-6-9(11)7-3-2-4-8(5-7)15(10,12)13/h6-11,13-14H,12H2,1-5H3,(H2,24,25,27);2-5H,6H2,1H3,(H2,10,12,13). The fourth-order valence-electron chi connectivity index (χ4n) is 4.14. The highest BCUT2D eigenvalue weighted by Crippen LogP contribution is 2.35. The van der Waals surface area contributed by atoms with Crippen LogP contribution in [0.3, 0.4) is 0 Å². The van der Waals surface area contributed by atoms with Crippen molar-refractivity contribution in [2.75, 3.05) is 32.8 Å². The van der Waals surface area contributed by atoms with Crippen LogP contribution in [0.5, 0.6) is 0 Å². The van der Waals surface area contributed by atoms with Gasteiger partial charge in [-0.25, -0.2) is 31.5 Å². The summed E-state index contributed by atoms with van der Waals surface area (Å²) in [7, 11) is -5.21. The molecule has 0 bridgehead atoms. The van der Waals surface area contributed by atoms with Crippen molar-refractivity contribution in [3.05, 3.63) is 87.9 Å². The van der Waals surface area contributed by atoms with E-state index in [9.17, 15) is 31.2 Å². The predicted molar refractivity (Wildman–Crippen MR) is 176 cm³/mol. The van der Waals surface area contributed by atoms with Gasteiger partial charge in [-0.2, -0.15) is 0 Å². The van der Waals surface area contributed by atoms with Crippen LogP contribution in [0.15, 0.2) is 70.5 Å². The molecule has 0 saturated heterocycles. The molecule has 0 aromatic heterocycles. The largest absolute Gasteiger partial charge is 0.377 e. The molecule has 0 saturated carbocycles. The van der Waals surface area contributed by atoms with Gasteiger partial charge in [0, 0.05) is 36.1 Å². The number of nitrogens with two attached hydrogens (primary N) is 1. The molecule has 3 aromatic rings. The van der Waals surface area contributed by atoms with Gasteiger partial charge in [0.1, 0.15) is 13.2 Å². The molecule has 3 aromatic carbocycles. The van der Waals surface area contributed by atoms with E-state index in [0.29, 0.717) is 10.7 Å². The number of benzene rings is 3. The highest BCUT2D eigenvalue weighted by molar-refractivity contribution is 7.90. The molecule has 0 radical (unpaired) electrons. The fourth-order valence-corrected chi connectivity index (χ4v) is 5.88. The van der Waals surface area contributed by atoms with Gasteiger partial charge in [0.15, 0.2) is 11.6 Å². The first-order chi connectivity index (χ1) is 21.4. The molecule has 15 heteroatoms. The van der Waals surface area contributed by atoms with Crippen LogP contribution in [0.1, 0.15) is 71.4 Å². The van der Waals surface area contributed by atoms with Gasteiger partial charge in [-0.05, 0) is 59.4 Å². The van der Waals surface area contributed by atoms with Crippen LogP contribution in [0.25, 0.3) is 0 Å². The van der Waals surface area contributed by atoms with E-state index in [4.69, 9.17) is 21.5 Å². The van der Waals surface area contributed by atoms with Crippen LogP contribution < -0.4 is 15.2 Å². The van der Waals surface area contributed by atoms with E-state index in [1.807, 2.05) is 32.4 Å². The van der Waals surface area contributed by atoms with Crippen LogP contribution >= 0.6 is 11.6 Å². The molecule has 2 amide bonds. The van der Waals surface area contributed by atoms with E-state index >= 15 is 0 Å². The quantitative estimate of drug-likeness (QED) is 0.217. The van der Waals surface area contributed by atoms with E-state index in [0.717, 1.165) is 11.1 Å². The summed E-state index contributed by atoms with van der Waals surface area (Å²) >= 11 is 6.24. The molecule has 4 N–H and O–H groups in total. The van der Waals surface area contributed by atoms with Gasteiger partial charge in [0.2, 0.25) is 10.0 Å². The number of Topliss-reactive ketones (excluding diaryl/α,β-unsaturated/α-hetero) is 2. The smallest absolute Gasteiger partial charge is 0.333 e.